The SMILES string of the molecule is Nc1ncc(/C=C/CN2CCN[C@@H](C(=O)NC3CCCCC3)C2)c2[nH]nc(-c3ccc(C(=O)Nc4cc(C(F)(F)F)ccn4)cc3)c12. The maximum atomic E-state index is 13.0. The van der Waals surface area contributed by atoms with Gasteiger partial charge in [0.05, 0.1) is 22.5 Å². The van der Waals surface area contributed by atoms with Crippen LogP contribution < -0.4 is 21.7 Å². The predicted molar refractivity (Wildman–Crippen MR) is 173 cm³/mol. The van der Waals surface area contributed by atoms with Crippen LogP contribution in [0.5, 0.6) is 0 Å². The number of carbonyl (C=O) groups excluding carboxylic acids is 2. The van der Waals surface area contributed by atoms with E-state index in [-0.39, 0.29) is 35.2 Å². The molecule has 0 spiro atoms. The standard InChI is InChI=1S/C33H36F3N9O2/c34-33(35,36)23-12-13-39-26(17-23)42-31(46)21-10-8-20(9-11-21)28-27-29(44-43-28)22(18-40-30(27)37)5-4-15-45-16-14-38-25(19-45)32(47)41-24-6-2-1-3-7-24/h4-5,8-13,17-18,24-25,38H,1-3,6-7,14-16,19H2,(H2,37,40)(H,41,47)(H,43,44)(H,39,42,46)/b5-4+/t25-/m1/s1. The van der Waals surface area contributed by atoms with E-state index in [0.29, 0.717) is 35.2 Å². The molecule has 6 N–H and O–H groups in total. The molecule has 4 aromatic rings. The summed E-state index contributed by atoms with van der Waals surface area (Å²) in [7, 11) is 0. The second kappa shape index (κ2) is 13.9. The molecule has 3 aromatic heterocycles. The van der Waals surface area contributed by atoms with Gasteiger partial charge in [-0.1, -0.05) is 43.5 Å². The Morgan fingerprint density at radius 1 is 1.09 bits per heavy atom. The van der Waals surface area contributed by atoms with Crippen LogP contribution in [0.25, 0.3) is 28.2 Å². The number of hydrogen-bond donors (Lipinski definition) is 5. The molecule has 0 bridgehead atoms. The van der Waals surface area contributed by atoms with Gasteiger partial charge in [0, 0.05) is 61.3 Å². The first-order chi connectivity index (χ1) is 22.7. The highest BCUT2D eigenvalue weighted by Crippen LogP contribution is 2.33. The quantitative estimate of drug-likeness (QED) is 0.186. The van der Waals surface area contributed by atoms with Crippen LogP contribution >= 0.6 is 0 Å². The molecule has 14 heteroatoms. The van der Waals surface area contributed by atoms with E-state index >= 15 is 0 Å². The average molecular weight is 648 g/mol. The van der Waals surface area contributed by atoms with Gasteiger partial charge in [0.1, 0.15) is 17.3 Å². The van der Waals surface area contributed by atoms with Crippen molar-refractivity contribution < 1.29 is 22.8 Å². The Balaban J connectivity index is 1.11. The van der Waals surface area contributed by atoms with E-state index in [2.05, 4.69) is 41.0 Å². The van der Waals surface area contributed by atoms with Gasteiger partial charge in [0.25, 0.3) is 5.91 Å². The van der Waals surface area contributed by atoms with E-state index in [9.17, 15) is 22.8 Å². The molecule has 47 heavy (non-hydrogen) atoms. The van der Waals surface area contributed by atoms with Crippen LogP contribution in [0.3, 0.4) is 0 Å². The zero-order valence-corrected chi connectivity index (χ0v) is 25.6. The van der Waals surface area contributed by atoms with Crippen LogP contribution in [0.1, 0.15) is 53.6 Å². The Bertz CT molecular complexity index is 1770. The number of carbonyl (C=O) groups is 2. The van der Waals surface area contributed by atoms with Gasteiger partial charge < -0.3 is 21.7 Å². The van der Waals surface area contributed by atoms with Crippen molar-refractivity contribution in [3.63, 3.8) is 0 Å². The van der Waals surface area contributed by atoms with E-state index in [1.54, 1.807) is 30.5 Å². The van der Waals surface area contributed by atoms with Crippen molar-refractivity contribution in [3.05, 3.63) is 71.6 Å². The normalized spacial score (nSPS) is 18.1. The number of amides is 2. The smallest absolute Gasteiger partial charge is 0.383 e. The molecule has 1 aliphatic heterocycles. The molecule has 11 nitrogen and oxygen atoms in total. The van der Waals surface area contributed by atoms with Crippen molar-refractivity contribution >= 4 is 40.4 Å². The zero-order valence-electron chi connectivity index (χ0n) is 25.6. The highest BCUT2D eigenvalue weighted by molar-refractivity contribution is 6.05. The van der Waals surface area contributed by atoms with Crippen molar-refractivity contribution in [1.29, 1.82) is 0 Å². The van der Waals surface area contributed by atoms with Crippen molar-refractivity contribution in [1.82, 2.24) is 35.7 Å². The lowest BCUT2D eigenvalue weighted by atomic mass is 9.95. The summed E-state index contributed by atoms with van der Waals surface area (Å²) in [4.78, 5) is 36.0. The second-order valence-corrected chi connectivity index (χ2v) is 11.9. The number of pyridine rings is 2. The molecule has 1 saturated carbocycles. The number of alkyl halides is 3. The van der Waals surface area contributed by atoms with Gasteiger partial charge >= 0.3 is 6.18 Å². The largest absolute Gasteiger partial charge is 0.416 e. The molecule has 1 atom stereocenters. The van der Waals surface area contributed by atoms with E-state index in [1.165, 1.54) is 19.3 Å². The summed E-state index contributed by atoms with van der Waals surface area (Å²) in [6, 6.07) is 8.10. The van der Waals surface area contributed by atoms with Gasteiger partial charge in [-0.15, -0.1) is 0 Å². The van der Waals surface area contributed by atoms with Gasteiger partial charge in [0.15, 0.2) is 0 Å². The summed E-state index contributed by atoms with van der Waals surface area (Å²) in [6.07, 6.45) is 7.78. The highest BCUT2D eigenvalue weighted by Gasteiger charge is 2.31. The first kappa shape index (κ1) is 32.1. The Hall–Kier alpha value is -4.82. The van der Waals surface area contributed by atoms with E-state index in [4.69, 9.17) is 5.73 Å². The van der Waals surface area contributed by atoms with Crippen LogP contribution in [0, 0.1) is 0 Å². The van der Waals surface area contributed by atoms with E-state index < -0.39 is 17.6 Å². The van der Waals surface area contributed by atoms with Crippen LogP contribution in [-0.2, 0) is 11.0 Å². The summed E-state index contributed by atoms with van der Waals surface area (Å²) < 4.78 is 39.1. The van der Waals surface area contributed by atoms with Crippen molar-refractivity contribution in [2.24, 2.45) is 0 Å². The van der Waals surface area contributed by atoms with Gasteiger partial charge in [-0.3, -0.25) is 19.6 Å². The van der Waals surface area contributed by atoms with Crippen LogP contribution in [0.4, 0.5) is 24.8 Å². The molecular weight excluding hydrogens is 611 g/mol. The molecule has 6 rings (SSSR count). The molecule has 2 aliphatic rings. The fourth-order valence-corrected chi connectivity index (χ4v) is 6.08. The second-order valence-electron chi connectivity index (χ2n) is 11.9. The average Bonchev–Trinajstić information content (AvgIpc) is 3.53. The maximum Gasteiger partial charge on any atom is 0.416 e. The number of nitrogens with zero attached hydrogens (tertiary/aromatic N) is 4. The molecule has 1 aromatic carbocycles. The van der Waals surface area contributed by atoms with Crippen LogP contribution in [0.15, 0.2) is 54.9 Å². The molecule has 0 radical (unpaired) electrons. The maximum absolute atomic E-state index is 13.0. The number of fused-ring (bicyclic) bond motifs is 1. The molecule has 0 unspecified atom stereocenters. The van der Waals surface area contributed by atoms with Crippen molar-refractivity contribution in [2.75, 3.05) is 37.2 Å². The number of nitrogens with one attached hydrogen (secondary N) is 4. The Labute approximate surface area is 269 Å². The fourth-order valence-electron chi connectivity index (χ4n) is 6.08. The minimum Gasteiger partial charge on any atom is -0.383 e. The van der Waals surface area contributed by atoms with Gasteiger partial charge in [-0.05, 0) is 37.1 Å². The molecule has 1 aliphatic carbocycles. The summed E-state index contributed by atoms with van der Waals surface area (Å²) in [5.74, 6) is -0.457. The molecule has 4 heterocycles. The lowest BCUT2D eigenvalue weighted by Crippen LogP contribution is -2.58. The number of aromatic nitrogens is 4. The van der Waals surface area contributed by atoms with Crippen molar-refractivity contribution in [3.8, 4) is 11.3 Å². The fraction of sp³-hybridized carbons (Fsp3) is 0.364. The summed E-state index contributed by atoms with van der Waals surface area (Å²) in [5.41, 5.74) is 8.29. The minimum atomic E-state index is -4.55. The lowest BCUT2D eigenvalue weighted by molar-refractivity contribution is -0.137. The Kier molecular flexibility index (Phi) is 9.50. The third-order valence-electron chi connectivity index (χ3n) is 8.59. The summed E-state index contributed by atoms with van der Waals surface area (Å²) in [5, 5.41) is 17.1. The number of halogens is 3. The van der Waals surface area contributed by atoms with Crippen LogP contribution in [-0.4, -0.2) is 75.1 Å². The molecule has 2 amide bonds. The molecular formula is C33H36F3N9O2. The number of benzene rings is 1. The third kappa shape index (κ3) is 7.60. The zero-order chi connectivity index (χ0) is 33.0. The predicted octanol–water partition coefficient (Wildman–Crippen LogP) is 4.61. The van der Waals surface area contributed by atoms with Gasteiger partial charge in [-0.25, -0.2) is 9.97 Å². The molecule has 1 saturated heterocycles. The van der Waals surface area contributed by atoms with Crippen molar-refractivity contribution in [2.45, 2.75) is 50.4 Å². The third-order valence-corrected chi connectivity index (χ3v) is 8.59. The number of nitrogen functional groups attached to an aromatic ring is 1. The number of nitrogens with two attached hydrogens (primary N) is 1. The first-order valence-corrected chi connectivity index (χ1v) is 15.7. The molecule has 2 fully saturated rings. The highest BCUT2D eigenvalue weighted by atomic mass is 19.4. The molecule has 246 valence electrons. The minimum absolute atomic E-state index is 0.0707. The lowest BCUT2D eigenvalue weighted by Gasteiger charge is -2.33. The van der Waals surface area contributed by atoms with Gasteiger partial charge in [-0.2, -0.15) is 18.3 Å². The Morgan fingerprint density at radius 2 is 1.87 bits per heavy atom. The number of anilines is 2. The Morgan fingerprint density at radius 3 is 2.64 bits per heavy atom. The topological polar surface area (TPSA) is 154 Å². The summed E-state index contributed by atoms with van der Waals surface area (Å²) in [6.45, 7) is 2.83. The van der Waals surface area contributed by atoms with Crippen LogP contribution in [0.2, 0.25) is 0 Å². The summed E-state index contributed by atoms with van der Waals surface area (Å²) >= 11 is 0. The monoisotopic (exact) mass is 647 g/mol. The van der Waals surface area contributed by atoms with E-state index in [1.807, 2.05) is 12.2 Å². The number of hydrogen-bond acceptors (Lipinski definition) is 8. The number of aromatic amines is 1. The van der Waals surface area contributed by atoms with Gasteiger partial charge in [0.2, 0.25) is 5.91 Å². The van der Waals surface area contributed by atoms with E-state index in [0.717, 1.165) is 49.8 Å². The number of H-pyrrole nitrogens is 1. The number of piperazine rings is 1. The first-order valence-electron chi connectivity index (χ1n) is 15.7. The number of rotatable bonds is 8.